The molecule has 0 amide bonds. The van der Waals surface area contributed by atoms with Gasteiger partial charge in [0.25, 0.3) is 5.69 Å². The summed E-state index contributed by atoms with van der Waals surface area (Å²) >= 11 is 0. The fraction of sp³-hybridized carbons (Fsp3) is 0.400. The number of hydrogen-bond donors (Lipinski definition) is 1. The van der Waals surface area contributed by atoms with E-state index in [-0.39, 0.29) is 41.7 Å². The zero-order valence-electron chi connectivity index (χ0n) is 17.5. The Morgan fingerprint density at radius 1 is 1.13 bits per heavy atom. The first kappa shape index (κ1) is 22.9. The molecule has 1 unspecified atom stereocenters. The largest absolute Gasteiger partial charge is 0.353 e. The van der Waals surface area contributed by atoms with Crippen molar-refractivity contribution < 1.29 is 18.5 Å². The molecule has 0 saturated carbocycles. The standard InChI is InChI=1S/C20H24N3O7P/c1-4-9-17(31(28,29-5-2)30-6-3)22-18-14-11-8-7-10-13(14)16(23(26)27)12-15(18)21-19(24)20(22)25/h7-8,10-12,17H,4-6,9H2,1-3H3,(H,21,24). The third-order valence-electron chi connectivity index (χ3n) is 4.92. The van der Waals surface area contributed by atoms with E-state index < -0.39 is 29.4 Å². The van der Waals surface area contributed by atoms with Crippen molar-refractivity contribution in [3.63, 3.8) is 0 Å². The highest BCUT2D eigenvalue weighted by molar-refractivity contribution is 7.54. The maximum Gasteiger partial charge on any atom is 0.353 e. The number of non-ortho nitro benzene ring substituents is 1. The molecule has 0 aliphatic carbocycles. The second-order valence-electron chi connectivity index (χ2n) is 6.87. The predicted octanol–water partition coefficient (Wildman–Crippen LogP) is 4.32. The van der Waals surface area contributed by atoms with E-state index in [1.165, 1.54) is 6.07 Å². The van der Waals surface area contributed by atoms with Gasteiger partial charge >= 0.3 is 18.7 Å². The van der Waals surface area contributed by atoms with Crippen LogP contribution in [-0.2, 0) is 13.6 Å². The average molecular weight is 449 g/mol. The van der Waals surface area contributed by atoms with Crippen LogP contribution in [0.1, 0.15) is 39.4 Å². The SMILES string of the molecule is CCCC(n1c(=O)c(=O)[nH]c2cc([N+](=O)[O-])c3ccccc3c21)P(=O)(OCC)OCC. The number of benzene rings is 2. The molecule has 10 nitrogen and oxygen atoms in total. The molecule has 1 aromatic heterocycles. The van der Waals surface area contributed by atoms with E-state index in [1.54, 1.807) is 38.1 Å². The summed E-state index contributed by atoms with van der Waals surface area (Å²) < 4.78 is 25.9. The van der Waals surface area contributed by atoms with Gasteiger partial charge in [-0.05, 0) is 26.3 Å². The second-order valence-corrected chi connectivity index (χ2v) is 9.06. The normalized spacial score (nSPS) is 13.0. The van der Waals surface area contributed by atoms with Gasteiger partial charge in [-0.15, -0.1) is 0 Å². The van der Waals surface area contributed by atoms with Crippen LogP contribution in [0.3, 0.4) is 0 Å². The lowest BCUT2D eigenvalue weighted by Crippen LogP contribution is -2.38. The van der Waals surface area contributed by atoms with Gasteiger partial charge in [-0.3, -0.25) is 28.8 Å². The molecule has 166 valence electrons. The minimum atomic E-state index is -3.85. The molecule has 0 spiro atoms. The Balaban J connectivity index is 2.54. The monoisotopic (exact) mass is 449 g/mol. The summed E-state index contributed by atoms with van der Waals surface area (Å²) in [7, 11) is -3.85. The fourth-order valence-electron chi connectivity index (χ4n) is 3.77. The van der Waals surface area contributed by atoms with Gasteiger partial charge in [0.15, 0.2) is 0 Å². The zero-order chi connectivity index (χ0) is 22.8. The number of nitrogens with one attached hydrogen (secondary N) is 1. The number of aromatic amines is 1. The van der Waals surface area contributed by atoms with E-state index in [0.29, 0.717) is 11.8 Å². The van der Waals surface area contributed by atoms with Crippen molar-refractivity contribution in [1.82, 2.24) is 9.55 Å². The average Bonchev–Trinajstić information content (AvgIpc) is 2.73. The molecule has 0 radical (unpaired) electrons. The van der Waals surface area contributed by atoms with E-state index in [4.69, 9.17) is 9.05 Å². The van der Waals surface area contributed by atoms with Crippen LogP contribution in [-0.4, -0.2) is 27.7 Å². The Kier molecular flexibility index (Phi) is 6.74. The van der Waals surface area contributed by atoms with E-state index in [2.05, 4.69) is 4.98 Å². The molecule has 1 N–H and O–H groups in total. The van der Waals surface area contributed by atoms with Gasteiger partial charge in [-0.25, -0.2) is 0 Å². The van der Waals surface area contributed by atoms with Crippen molar-refractivity contribution in [3.05, 3.63) is 61.2 Å². The molecule has 2 aromatic carbocycles. The summed E-state index contributed by atoms with van der Waals surface area (Å²) in [5.41, 5.74) is -1.78. The summed E-state index contributed by atoms with van der Waals surface area (Å²) in [6.07, 6.45) is 0.765. The van der Waals surface area contributed by atoms with Crippen LogP contribution in [0.5, 0.6) is 0 Å². The van der Waals surface area contributed by atoms with Crippen molar-refractivity contribution >= 4 is 35.1 Å². The molecule has 0 bridgehead atoms. The molecule has 1 heterocycles. The summed E-state index contributed by atoms with van der Waals surface area (Å²) in [5, 5.41) is 12.3. The van der Waals surface area contributed by atoms with Crippen molar-refractivity contribution in [2.45, 2.75) is 39.4 Å². The maximum absolute atomic E-state index is 13.7. The van der Waals surface area contributed by atoms with Gasteiger partial charge in [0.05, 0.1) is 34.6 Å². The van der Waals surface area contributed by atoms with Gasteiger partial charge in [0.2, 0.25) is 0 Å². The Morgan fingerprint density at radius 3 is 2.29 bits per heavy atom. The highest BCUT2D eigenvalue weighted by Crippen LogP contribution is 2.60. The Bertz CT molecular complexity index is 1290. The molecule has 0 aliphatic heterocycles. The van der Waals surface area contributed by atoms with Crippen LogP contribution in [0.4, 0.5) is 5.69 Å². The molecule has 0 saturated heterocycles. The lowest BCUT2D eigenvalue weighted by atomic mass is 10.1. The Labute approximate surface area is 177 Å². The fourth-order valence-corrected chi connectivity index (χ4v) is 5.99. The lowest BCUT2D eigenvalue weighted by Gasteiger charge is -2.28. The van der Waals surface area contributed by atoms with Crippen LogP contribution in [0, 0.1) is 10.1 Å². The smallest absolute Gasteiger partial charge is 0.316 e. The van der Waals surface area contributed by atoms with Gasteiger partial charge < -0.3 is 14.0 Å². The van der Waals surface area contributed by atoms with E-state index in [9.17, 15) is 24.3 Å². The van der Waals surface area contributed by atoms with Crippen molar-refractivity contribution in [1.29, 1.82) is 0 Å². The molecule has 1 atom stereocenters. The molecule has 0 fully saturated rings. The number of nitro groups is 1. The molecular formula is C20H24N3O7P. The molecule has 3 rings (SSSR count). The first-order chi connectivity index (χ1) is 14.8. The summed E-state index contributed by atoms with van der Waals surface area (Å²) in [4.78, 5) is 39.1. The molecular weight excluding hydrogens is 425 g/mol. The van der Waals surface area contributed by atoms with Crippen LogP contribution in [0.2, 0.25) is 0 Å². The zero-order valence-corrected chi connectivity index (χ0v) is 18.4. The minimum Gasteiger partial charge on any atom is -0.316 e. The second kappa shape index (κ2) is 9.13. The third-order valence-corrected chi connectivity index (χ3v) is 7.38. The van der Waals surface area contributed by atoms with E-state index in [1.807, 2.05) is 6.92 Å². The van der Waals surface area contributed by atoms with Crippen LogP contribution < -0.4 is 11.1 Å². The predicted molar refractivity (Wildman–Crippen MR) is 118 cm³/mol. The van der Waals surface area contributed by atoms with Gasteiger partial charge in [0.1, 0.15) is 5.78 Å². The van der Waals surface area contributed by atoms with Gasteiger partial charge in [-0.2, -0.15) is 0 Å². The number of aromatic nitrogens is 2. The van der Waals surface area contributed by atoms with Crippen LogP contribution in [0.25, 0.3) is 21.8 Å². The molecule has 31 heavy (non-hydrogen) atoms. The van der Waals surface area contributed by atoms with E-state index in [0.717, 1.165) is 4.57 Å². The van der Waals surface area contributed by atoms with Crippen LogP contribution >= 0.6 is 7.60 Å². The minimum absolute atomic E-state index is 0.0829. The highest BCUT2D eigenvalue weighted by Gasteiger charge is 2.39. The number of nitrogens with zero attached hydrogens (tertiary/aromatic N) is 2. The van der Waals surface area contributed by atoms with Gasteiger partial charge in [-0.1, -0.05) is 31.5 Å². The van der Waals surface area contributed by atoms with Crippen molar-refractivity contribution in [2.24, 2.45) is 0 Å². The molecule has 3 aromatic rings. The van der Waals surface area contributed by atoms with Crippen LogP contribution in [0.15, 0.2) is 39.9 Å². The highest BCUT2D eigenvalue weighted by atomic mass is 31.2. The summed E-state index contributed by atoms with van der Waals surface area (Å²) in [6.45, 7) is 5.33. The Hall–Kier alpha value is -2.81. The van der Waals surface area contributed by atoms with Crippen molar-refractivity contribution in [2.75, 3.05) is 13.2 Å². The van der Waals surface area contributed by atoms with E-state index >= 15 is 0 Å². The third kappa shape index (κ3) is 4.06. The lowest BCUT2D eigenvalue weighted by molar-refractivity contribution is -0.382. The number of H-pyrrole nitrogens is 1. The summed E-state index contributed by atoms with van der Waals surface area (Å²) in [6, 6.07) is 7.71. The quantitative estimate of drug-likeness (QED) is 0.169. The van der Waals surface area contributed by atoms with Gasteiger partial charge in [0, 0.05) is 11.5 Å². The number of nitro benzene ring substituents is 1. The van der Waals surface area contributed by atoms with Crippen molar-refractivity contribution in [3.8, 4) is 0 Å². The first-order valence-corrected chi connectivity index (χ1v) is 11.6. The first-order valence-electron chi connectivity index (χ1n) is 10.0. The number of hydrogen-bond acceptors (Lipinski definition) is 7. The topological polar surface area (TPSA) is 134 Å². The number of rotatable bonds is 9. The number of fused-ring (bicyclic) bond motifs is 3. The molecule has 0 aliphatic rings. The Morgan fingerprint density at radius 2 is 1.74 bits per heavy atom. The summed E-state index contributed by atoms with van der Waals surface area (Å²) in [5.74, 6) is -1.07. The maximum atomic E-state index is 13.7. The molecule has 11 heteroatoms.